The second-order valence-electron chi connectivity index (χ2n) is 10.8. The standard InChI is InChI=1S/C34H36ClN3O4/c1-7-21-38(32(40)28(22-25-14-10-9-11-15-25)36-33(41)42-34(4,5)6)30(26-19-17-24(8-2)18-20-26)31(39)37-29-23(3)13-12-16-27(29)35/h2,7,9-20,28,30H,1,21-22H2,3-6H3,(H,36,41)(H,37,39). The molecule has 3 rings (SSSR count). The molecule has 0 aliphatic rings. The van der Waals surface area contributed by atoms with Crippen LogP contribution in [0.15, 0.2) is 85.5 Å². The Morgan fingerprint density at radius 1 is 1.05 bits per heavy atom. The topological polar surface area (TPSA) is 87.7 Å². The Kier molecular flexibility index (Phi) is 11.0. The maximum Gasteiger partial charge on any atom is 0.408 e. The molecular formula is C34H36ClN3O4. The molecule has 2 N–H and O–H groups in total. The molecule has 0 radical (unpaired) electrons. The first kappa shape index (κ1) is 32.0. The predicted molar refractivity (Wildman–Crippen MR) is 167 cm³/mol. The van der Waals surface area contributed by atoms with Crippen LogP contribution in [0.4, 0.5) is 10.5 Å². The molecule has 218 valence electrons. The molecule has 3 amide bonds. The number of para-hydroxylation sites is 1. The van der Waals surface area contributed by atoms with Crippen LogP contribution in [0, 0.1) is 19.3 Å². The number of carbonyl (C=O) groups excluding carboxylic acids is 3. The van der Waals surface area contributed by atoms with Gasteiger partial charge in [0.15, 0.2) is 0 Å². The minimum absolute atomic E-state index is 0.0105. The summed E-state index contributed by atoms with van der Waals surface area (Å²) in [6.07, 6.45) is 6.50. The second-order valence-corrected chi connectivity index (χ2v) is 11.2. The minimum atomic E-state index is -1.11. The van der Waals surface area contributed by atoms with E-state index in [1.807, 2.05) is 43.3 Å². The first-order chi connectivity index (χ1) is 19.9. The molecular weight excluding hydrogens is 550 g/mol. The van der Waals surface area contributed by atoms with E-state index in [1.54, 1.807) is 57.2 Å². The Bertz CT molecular complexity index is 1440. The predicted octanol–water partition coefficient (Wildman–Crippen LogP) is 6.46. The lowest BCUT2D eigenvalue weighted by molar-refractivity contribution is -0.140. The van der Waals surface area contributed by atoms with Crippen molar-refractivity contribution in [1.82, 2.24) is 10.2 Å². The number of nitrogens with one attached hydrogen (secondary N) is 2. The van der Waals surface area contributed by atoms with Crippen LogP contribution in [-0.2, 0) is 20.7 Å². The Morgan fingerprint density at radius 2 is 1.71 bits per heavy atom. The highest BCUT2D eigenvalue weighted by atomic mass is 35.5. The molecule has 42 heavy (non-hydrogen) atoms. The highest BCUT2D eigenvalue weighted by Gasteiger charge is 2.36. The first-order valence-corrected chi connectivity index (χ1v) is 13.9. The number of alkyl carbamates (subject to hydrolysis) is 1. The van der Waals surface area contributed by atoms with Gasteiger partial charge in [-0.25, -0.2) is 4.79 Å². The third-order valence-corrected chi connectivity index (χ3v) is 6.62. The summed E-state index contributed by atoms with van der Waals surface area (Å²) >= 11 is 6.42. The normalized spacial score (nSPS) is 12.3. The number of halogens is 1. The van der Waals surface area contributed by atoms with E-state index in [1.165, 1.54) is 11.0 Å². The lowest BCUT2D eigenvalue weighted by atomic mass is 9.99. The molecule has 2 atom stereocenters. The number of benzene rings is 3. The summed E-state index contributed by atoms with van der Waals surface area (Å²) < 4.78 is 5.47. The van der Waals surface area contributed by atoms with Gasteiger partial charge in [-0.1, -0.05) is 78.2 Å². The molecule has 3 aromatic rings. The van der Waals surface area contributed by atoms with Crippen LogP contribution in [0.25, 0.3) is 0 Å². The molecule has 8 heteroatoms. The van der Waals surface area contributed by atoms with Crippen molar-refractivity contribution in [1.29, 1.82) is 0 Å². The smallest absolute Gasteiger partial charge is 0.408 e. The molecule has 0 saturated carbocycles. The van der Waals surface area contributed by atoms with Gasteiger partial charge in [0.1, 0.15) is 17.7 Å². The van der Waals surface area contributed by atoms with Gasteiger partial charge in [0.2, 0.25) is 5.91 Å². The van der Waals surface area contributed by atoms with Crippen LogP contribution in [0.1, 0.15) is 49.1 Å². The van der Waals surface area contributed by atoms with E-state index in [-0.39, 0.29) is 13.0 Å². The molecule has 0 heterocycles. The Labute approximate surface area is 252 Å². The summed E-state index contributed by atoms with van der Waals surface area (Å²) in [6.45, 7) is 10.9. The monoisotopic (exact) mass is 585 g/mol. The van der Waals surface area contributed by atoms with Crippen molar-refractivity contribution in [2.24, 2.45) is 0 Å². The van der Waals surface area contributed by atoms with E-state index >= 15 is 0 Å². The van der Waals surface area contributed by atoms with E-state index < -0.39 is 35.6 Å². The summed E-state index contributed by atoms with van der Waals surface area (Å²) in [6, 6.07) is 19.2. The number of carbonyl (C=O) groups is 3. The molecule has 2 unspecified atom stereocenters. The fourth-order valence-corrected chi connectivity index (χ4v) is 4.65. The lowest BCUT2D eigenvalue weighted by Gasteiger charge is -2.34. The van der Waals surface area contributed by atoms with Crippen molar-refractivity contribution in [2.45, 2.75) is 51.8 Å². The summed E-state index contributed by atoms with van der Waals surface area (Å²) in [5.41, 5.74) is 2.37. The highest BCUT2D eigenvalue weighted by Crippen LogP contribution is 2.30. The molecule has 0 fully saturated rings. The van der Waals surface area contributed by atoms with Crippen molar-refractivity contribution in [2.75, 3.05) is 11.9 Å². The van der Waals surface area contributed by atoms with Crippen LogP contribution >= 0.6 is 11.6 Å². The third kappa shape index (κ3) is 8.73. The quantitative estimate of drug-likeness (QED) is 0.211. The van der Waals surface area contributed by atoms with Crippen molar-refractivity contribution < 1.29 is 19.1 Å². The molecule has 3 aromatic carbocycles. The molecule has 7 nitrogen and oxygen atoms in total. The van der Waals surface area contributed by atoms with Gasteiger partial charge in [-0.05, 0) is 62.6 Å². The molecule has 0 saturated heterocycles. The van der Waals surface area contributed by atoms with E-state index in [0.717, 1.165) is 11.1 Å². The van der Waals surface area contributed by atoms with Crippen molar-refractivity contribution in [3.63, 3.8) is 0 Å². The fraction of sp³-hybridized carbons (Fsp3) is 0.265. The number of aryl methyl sites for hydroxylation is 1. The van der Waals surface area contributed by atoms with E-state index in [4.69, 9.17) is 22.8 Å². The van der Waals surface area contributed by atoms with Crippen LogP contribution in [-0.4, -0.2) is 41.0 Å². The summed E-state index contributed by atoms with van der Waals surface area (Å²) in [5.74, 6) is 1.57. The van der Waals surface area contributed by atoms with Gasteiger partial charge in [0, 0.05) is 18.5 Å². The molecule has 0 bridgehead atoms. The van der Waals surface area contributed by atoms with Gasteiger partial charge >= 0.3 is 6.09 Å². The molecule has 0 aromatic heterocycles. The summed E-state index contributed by atoms with van der Waals surface area (Å²) in [5, 5.41) is 6.00. The van der Waals surface area contributed by atoms with Crippen molar-refractivity contribution in [3.05, 3.63) is 113 Å². The van der Waals surface area contributed by atoms with Gasteiger partial charge in [0.05, 0.1) is 10.7 Å². The van der Waals surface area contributed by atoms with Crippen LogP contribution in [0.2, 0.25) is 5.02 Å². The van der Waals surface area contributed by atoms with E-state index in [9.17, 15) is 14.4 Å². The maximum atomic E-state index is 14.3. The van der Waals surface area contributed by atoms with Gasteiger partial charge in [-0.3, -0.25) is 9.59 Å². The van der Waals surface area contributed by atoms with Crippen molar-refractivity contribution in [3.8, 4) is 12.3 Å². The Hall–Kier alpha value is -4.54. The number of amides is 3. The zero-order chi connectivity index (χ0) is 30.9. The summed E-state index contributed by atoms with van der Waals surface area (Å²) in [7, 11) is 0. The van der Waals surface area contributed by atoms with Crippen LogP contribution < -0.4 is 10.6 Å². The van der Waals surface area contributed by atoms with Crippen LogP contribution in [0.5, 0.6) is 0 Å². The van der Waals surface area contributed by atoms with E-state index in [0.29, 0.717) is 21.8 Å². The lowest BCUT2D eigenvalue weighted by Crippen LogP contribution is -2.53. The van der Waals surface area contributed by atoms with Gasteiger partial charge in [-0.15, -0.1) is 13.0 Å². The molecule has 0 aliphatic heterocycles. The second kappa shape index (κ2) is 14.4. The Morgan fingerprint density at radius 3 is 2.29 bits per heavy atom. The largest absolute Gasteiger partial charge is 0.444 e. The molecule has 0 aliphatic carbocycles. The Balaban J connectivity index is 2.08. The number of terminal acetylenes is 1. The van der Waals surface area contributed by atoms with Gasteiger partial charge in [0.25, 0.3) is 5.91 Å². The van der Waals surface area contributed by atoms with Gasteiger partial charge in [-0.2, -0.15) is 0 Å². The van der Waals surface area contributed by atoms with Crippen molar-refractivity contribution >= 4 is 35.2 Å². The number of hydrogen-bond acceptors (Lipinski definition) is 4. The van der Waals surface area contributed by atoms with Gasteiger partial charge < -0.3 is 20.3 Å². The first-order valence-electron chi connectivity index (χ1n) is 13.5. The number of ether oxygens (including phenoxy) is 1. The number of hydrogen-bond donors (Lipinski definition) is 2. The number of nitrogens with zero attached hydrogens (tertiary/aromatic N) is 1. The third-order valence-electron chi connectivity index (χ3n) is 6.30. The zero-order valence-corrected chi connectivity index (χ0v) is 25.1. The zero-order valence-electron chi connectivity index (χ0n) is 24.3. The summed E-state index contributed by atoms with van der Waals surface area (Å²) in [4.78, 5) is 42.6. The SMILES string of the molecule is C#Cc1ccc(C(C(=O)Nc2c(C)cccc2Cl)N(CC=C)C(=O)C(Cc2ccccc2)NC(=O)OC(C)(C)C)cc1. The van der Waals surface area contributed by atoms with Crippen LogP contribution in [0.3, 0.4) is 0 Å². The average molecular weight is 586 g/mol. The number of rotatable bonds is 10. The van der Waals surface area contributed by atoms with E-state index in [2.05, 4.69) is 23.1 Å². The minimum Gasteiger partial charge on any atom is -0.444 e. The maximum absolute atomic E-state index is 14.3. The highest BCUT2D eigenvalue weighted by molar-refractivity contribution is 6.34. The fourth-order valence-electron chi connectivity index (χ4n) is 4.38. The molecule has 0 spiro atoms. The number of anilines is 1. The average Bonchev–Trinajstić information content (AvgIpc) is 2.94.